The van der Waals surface area contributed by atoms with Crippen LogP contribution in [-0.2, 0) is 6.54 Å². The summed E-state index contributed by atoms with van der Waals surface area (Å²) < 4.78 is 7.13. The minimum Gasteiger partial charge on any atom is -0.496 e. The molecule has 1 aromatic heterocycles. The van der Waals surface area contributed by atoms with Gasteiger partial charge in [0.1, 0.15) is 11.6 Å². The fourth-order valence-electron chi connectivity index (χ4n) is 3.15. The number of anilines is 1. The Labute approximate surface area is 139 Å². The molecule has 0 saturated carbocycles. The van der Waals surface area contributed by atoms with E-state index in [1.807, 2.05) is 30.3 Å². The highest BCUT2D eigenvalue weighted by molar-refractivity contribution is 5.86. The predicted molar refractivity (Wildman–Crippen MR) is 95.9 cm³/mol. The van der Waals surface area contributed by atoms with Crippen LogP contribution in [0.3, 0.4) is 0 Å². The van der Waals surface area contributed by atoms with Gasteiger partial charge >= 0.3 is 0 Å². The molecule has 0 unspecified atom stereocenters. The van der Waals surface area contributed by atoms with Crippen LogP contribution in [0.15, 0.2) is 47.3 Å². The number of nitrogens with zero attached hydrogens (tertiary/aromatic N) is 2. The molecule has 0 amide bonds. The Morgan fingerprint density at radius 3 is 2.92 bits per heavy atom. The molecule has 2 heterocycles. The van der Waals surface area contributed by atoms with Crippen LogP contribution in [0, 0.1) is 0 Å². The van der Waals surface area contributed by atoms with Crippen LogP contribution in [0.4, 0.5) is 5.69 Å². The van der Waals surface area contributed by atoms with Crippen molar-refractivity contribution in [1.82, 2.24) is 9.55 Å². The molecule has 5 nitrogen and oxygen atoms in total. The van der Waals surface area contributed by atoms with E-state index in [-0.39, 0.29) is 5.56 Å². The zero-order valence-electron chi connectivity index (χ0n) is 13.3. The Hall–Kier alpha value is -3.08. The van der Waals surface area contributed by atoms with Crippen molar-refractivity contribution in [1.29, 1.82) is 0 Å². The molecule has 0 fully saturated rings. The number of rotatable bonds is 2. The standard InChI is InChI=1S/C19H17N3O2/c1-24-17-5-3-2-4-12(17)10-13-8-9-22-18(13)21-16-7-6-14(20)11-15(16)19(22)23/h2-7,10-11H,8-9,20H2,1H3/b13-10+. The SMILES string of the molecule is COc1ccccc1/C=C1\CCn2c1nc1ccc(N)cc1c2=O. The second-order valence-electron chi connectivity index (χ2n) is 5.83. The van der Waals surface area contributed by atoms with Gasteiger partial charge in [0.05, 0.1) is 18.0 Å². The minimum absolute atomic E-state index is 0.0364. The molecule has 3 aromatic rings. The molecular formula is C19H17N3O2. The van der Waals surface area contributed by atoms with Crippen LogP contribution < -0.4 is 16.0 Å². The quantitative estimate of drug-likeness (QED) is 0.737. The maximum absolute atomic E-state index is 12.7. The zero-order chi connectivity index (χ0) is 16.7. The first-order valence-electron chi connectivity index (χ1n) is 7.81. The maximum Gasteiger partial charge on any atom is 0.261 e. The van der Waals surface area contributed by atoms with E-state index in [9.17, 15) is 4.79 Å². The fourth-order valence-corrected chi connectivity index (χ4v) is 3.15. The van der Waals surface area contributed by atoms with Crippen molar-refractivity contribution in [3.8, 4) is 5.75 Å². The number of nitrogens with two attached hydrogens (primary N) is 1. The van der Waals surface area contributed by atoms with Crippen molar-refractivity contribution >= 4 is 28.2 Å². The number of methoxy groups -OCH3 is 1. The molecule has 4 rings (SSSR count). The number of hydrogen-bond donors (Lipinski definition) is 1. The van der Waals surface area contributed by atoms with Gasteiger partial charge in [-0.3, -0.25) is 9.36 Å². The van der Waals surface area contributed by atoms with Gasteiger partial charge in [-0.1, -0.05) is 18.2 Å². The Balaban J connectivity index is 1.90. The van der Waals surface area contributed by atoms with Crippen LogP contribution in [-0.4, -0.2) is 16.7 Å². The summed E-state index contributed by atoms with van der Waals surface area (Å²) >= 11 is 0. The summed E-state index contributed by atoms with van der Waals surface area (Å²) in [6, 6.07) is 13.1. The molecule has 0 radical (unpaired) electrons. The molecule has 0 bridgehead atoms. The summed E-state index contributed by atoms with van der Waals surface area (Å²) in [7, 11) is 1.65. The summed E-state index contributed by atoms with van der Waals surface area (Å²) in [5.41, 5.74) is 9.03. The number of aromatic nitrogens is 2. The molecular weight excluding hydrogens is 302 g/mol. The van der Waals surface area contributed by atoms with Gasteiger partial charge in [-0.2, -0.15) is 0 Å². The van der Waals surface area contributed by atoms with E-state index in [2.05, 4.69) is 4.98 Å². The zero-order valence-corrected chi connectivity index (χ0v) is 13.3. The summed E-state index contributed by atoms with van der Waals surface area (Å²) in [5, 5.41) is 0.567. The van der Waals surface area contributed by atoms with Crippen LogP contribution in [0.1, 0.15) is 17.8 Å². The number of ether oxygens (including phenoxy) is 1. The molecule has 24 heavy (non-hydrogen) atoms. The van der Waals surface area contributed by atoms with Crippen LogP contribution in [0.2, 0.25) is 0 Å². The Morgan fingerprint density at radius 1 is 1.25 bits per heavy atom. The monoisotopic (exact) mass is 319 g/mol. The van der Waals surface area contributed by atoms with Crippen molar-refractivity contribution in [2.45, 2.75) is 13.0 Å². The van der Waals surface area contributed by atoms with Crippen molar-refractivity contribution in [2.24, 2.45) is 0 Å². The van der Waals surface area contributed by atoms with E-state index in [0.29, 0.717) is 23.1 Å². The van der Waals surface area contributed by atoms with Crippen molar-refractivity contribution < 1.29 is 4.74 Å². The smallest absolute Gasteiger partial charge is 0.261 e. The van der Waals surface area contributed by atoms with Crippen LogP contribution >= 0.6 is 0 Å². The van der Waals surface area contributed by atoms with Crippen LogP contribution in [0.25, 0.3) is 22.6 Å². The van der Waals surface area contributed by atoms with Gasteiger partial charge in [0.15, 0.2) is 0 Å². The van der Waals surface area contributed by atoms with Gasteiger partial charge < -0.3 is 10.5 Å². The molecule has 1 aliphatic rings. The van der Waals surface area contributed by atoms with E-state index in [4.69, 9.17) is 10.5 Å². The van der Waals surface area contributed by atoms with E-state index in [0.717, 1.165) is 29.1 Å². The normalized spacial score (nSPS) is 15.0. The highest BCUT2D eigenvalue weighted by atomic mass is 16.5. The van der Waals surface area contributed by atoms with E-state index >= 15 is 0 Å². The summed E-state index contributed by atoms with van der Waals surface area (Å²) in [6.45, 7) is 0.632. The lowest BCUT2D eigenvalue weighted by Crippen LogP contribution is -2.20. The second kappa shape index (κ2) is 5.53. The molecule has 2 N–H and O–H groups in total. The Bertz CT molecular complexity index is 1030. The number of hydrogen-bond acceptors (Lipinski definition) is 4. The third-order valence-electron chi connectivity index (χ3n) is 4.34. The predicted octanol–water partition coefficient (Wildman–Crippen LogP) is 2.93. The van der Waals surface area contributed by atoms with Crippen molar-refractivity contribution in [3.05, 3.63) is 64.2 Å². The number of fused-ring (bicyclic) bond motifs is 2. The number of para-hydroxylation sites is 1. The third-order valence-corrected chi connectivity index (χ3v) is 4.34. The lowest BCUT2D eigenvalue weighted by Gasteiger charge is -2.07. The summed E-state index contributed by atoms with van der Waals surface area (Å²) in [6.07, 6.45) is 2.82. The molecule has 0 saturated heterocycles. The molecule has 5 heteroatoms. The molecule has 0 spiro atoms. The molecule has 0 atom stereocenters. The number of nitrogen functional groups attached to an aromatic ring is 1. The third kappa shape index (κ3) is 2.25. The van der Waals surface area contributed by atoms with E-state index in [1.54, 1.807) is 29.9 Å². The van der Waals surface area contributed by atoms with E-state index in [1.165, 1.54) is 0 Å². The fraction of sp³-hybridized carbons (Fsp3) is 0.158. The van der Waals surface area contributed by atoms with Gasteiger partial charge in [0.2, 0.25) is 0 Å². The van der Waals surface area contributed by atoms with Gasteiger partial charge in [-0.05, 0) is 42.3 Å². The summed E-state index contributed by atoms with van der Waals surface area (Å²) in [5.74, 6) is 1.53. The van der Waals surface area contributed by atoms with Gasteiger partial charge in [0, 0.05) is 17.8 Å². The maximum atomic E-state index is 12.7. The molecule has 0 aliphatic carbocycles. The van der Waals surface area contributed by atoms with Crippen molar-refractivity contribution in [3.63, 3.8) is 0 Å². The average molecular weight is 319 g/mol. The van der Waals surface area contributed by atoms with Gasteiger partial charge in [0.25, 0.3) is 5.56 Å². The van der Waals surface area contributed by atoms with Crippen molar-refractivity contribution in [2.75, 3.05) is 12.8 Å². The largest absolute Gasteiger partial charge is 0.496 e. The first-order chi connectivity index (χ1) is 11.7. The molecule has 120 valence electrons. The lowest BCUT2D eigenvalue weighted by molar-refractivity contribution is 0.414. The molecule has 1 aliphatic heterocycles. The number of allylic oxidation sites excluding steroid dienone is 1. The average Bonchev–Trinajstić information content (AvgIpc) is 2.99. The number of benzene rings is 2. The van der Waals surface area contributed by atoms with E-state index < -0.39 is 0 Å². The van der Waals surface area contributed by atoms with Gasteiger partial charge in [-0.25, -0.2) is 4.98 Å². The summed E-state index contributed by atoms with van der Waals surface area (Å²) in [4.78, 5) is 17.4. The molecule has 2 aromatic carbocycles. The Kier molecular flexibility index (Phi) is 3.34. The lowest BCUT2D eigenvalue weighted by atomic mass is 10.1. The second-order valence-corrected chi connectivity index (χ2v) is 5.83. The van der Waals surface area contributed by atoms with Gasteiger partial charge in [-0.15, -0.1) is 0 Å². The first-order valence-corrected chi connectivity index (χ1v) is 7.81. The minimum atomic E-state index is -0.0364. The Morgan fingerprint density at radius 2 is 2.08 bits per heavy atom. The highest BCUT2D eigenvalue weighted by Gasteiger charge is 2.21. The first kappa shape index (κ1) is 14.5. The van der Waals surface area contributed by atoms with Crippen LogP contribution in [0.5, 0.6) is 5.75 Å². The topological polar surface area (TPSA) is 70.1 Å². The highest BCUT2D eigenvalue weighted by Crippen LogP contribution is 2.30.